The van der Waals surface area contributed by atoms with Crippen LogP contribution in [0.1, 0.15) is 26.5 Å². The van der Waals surface area contributed by atoms with Gasteiger partial charge in [-0.3, -0.25) is 9.59 Å². The van der Waals surface area contributed by atoms with Crippen LogP contribution < -0.4 is 10.6 Å². The third kappa shape index (κ3) is 3.89. The molecule has 0 aliphatic rings. The fourth-order valence-electron chi connectivity index (χ4n) is 2.18. The third-order valence-corrected chi connectivity index (χ3v) is 3.44. The van der Waals surface area contributed by atoms with Gasteiger partial charge in [-0.2, -0.15) is 0 Å². The summed E-state index contributed by atoms with van der Waals surface area (Å²) in [5.41, 5.74) is 1.73. The van der Waals surface area contributed by atoms with E-state index in [0.29, 0.717) is 29.1 Å². The largest absolute Gasteiger partial charge is 0.467 e. The lowest BCUT2D eigenvalue weighted by Gasteiger charge is -2.07. The highest BCUT2D eigenvalue weighted by atomic mass is 16.3. The van der Waals surface area contributed by atoms with Crippen molar-refractivity contribution in [1.29, 1.82) is 0 Å². The van der Waals surface area contributed by atoms with E-state index >= 15 is 0 Å². The number of nitrogens with one attached hydrogen (secondary N) is 2. The van der Waals surface area contributed by atoms with E-state index in [4.69, 9.17) is 4.42 Å². The monoisotopic (exact) mass is 320 g/mol. The highest BCUT2D eigenvalue weighted by Gasteiger charge is 2.08. The second-order valence-electron chi connectivity index (χ2n) is 5.16. The smallest absolute Gasteiger partial charge is 0.255 e. The van der Waals surface area contributed by atoms with E-state index in [1.54, 1.807) is 66.9 Å². The van der Waals surface area contributed by atoms with Crippen molar-refractivity contribution >= 4 is 17.5 Å². The predicted molar refractivity (Wildman–Crippen MR) is 90.7 cm³/mol. The standard InChI is InChI=1S/C19H16N2O3/c22-18(20-13-17-7-4-12-24-17)15-8-10-16(11-9-15)21-19(23)14-5-2-1-3-6-14/h1-12H,13H2,(H,20,22)(H,21,23). The van der Waals surface area contributed by atoms with Gasteiger partial charge < -0.3 is 15.1 Å². The lowest BCUT2D eigenvalue weighted by atomic mass is 10.1. The van der Waals surface area contributed by atoms with Crippen molar-refractivity contribution in [3.8, 4) is 0 Å². The van der Waals surface area contributed by atoms with Gasteiger partial charge in [-0.1, -0.05) is 18.2 Å². The van der Waals surface area contributed by atoms with Crippen molar-refractivity contribution in [2.75, 3.05) is 5.32 Å². The van der Waals surface area contributed by atoms with Gasteiger partial charge in [-0.25, -0.2) is 0 Å². The Morgan fingerprint density at radius 1 is 0.792 bits per heavy atom. The van der Waals surface area contributed by atoms with Crippen LogP contribution in [0.4, 0.5) is 5.69 Å². The number of furan rings is 1. The summed E-state index contributed by atoms with van der Waals surface area (Å²) in [6.45, 7) is 0.332. The van der Waals surface area contributed by atoms with Crippen molar-refractivity contribution in [1.82, 2.24) is 5.32 Å². The number of carbonyl (C=O) groups is 2. The van der Waals surface area contributed by atoms with Gasteiger partial charge in [-0.05, 0) is 48.5 Å². The molecule has 0 saturated carbocycles. The third-order valence-electron chi connectivity index (χ3n) is 3.44. The fraction of sp³-hybridized carbons (Fsp3) is 0.0526. The molecule has 0 aliphatic carbocycles. The van der Waals surface area contributed by atoms with E-state index in [9.17, 15) is 9.59 Å². The molecule has 0 fully saturated rings. The van der Waals surface area contributed by atoms with E-state index in [0.717, 1.165) is 0 Å². The minimum atomic E-state index is -0.202. The molecule has 3 aromatic rings. The Kier molecular flexibility index (Phi) is 4.72. The van der Waals surface area contributed by atoms with Gasteiger partial charge in [0.25, 0.3) is 11.8 Å². The molecule has 2 N–H and O–H groups in total. The fourth-order valence-corrected chi connectivity index (χ4v) is 2.18. The molecule has 0 spiro atoms. The Hall–Kier alpha value is -3.34. The molecule has 5 heteroatoms. The first-order valence-electron chi connectivity index (χ1n) is 7.49. The van der Waals surface area contributed by atoms with Gasteiger partial charge in [0.1, 0.15) is 5.76 Å². The molecule has 0 atom stereocenters. The molecule has 3 rings (SSSR count). The minimum Gasteiger partial charge on any atom is -0.467 e. The van der Waals surface area contributed by atoms with Crippen LogP contribution in [-0.4, -0.2) is 11.8 Å². The van der Waals surface area contributed by atoms with Crippen molar-refractivity contribution in [2.45, 2.75) is 6.54 Å². The van der Waals surface area contributed by atoms with Crippen LogP contribution in [0.5, 0.6) is 0 Å². The Balaban J connectivity index is 1.58. The number of anilines is 1. The summed E-state index contributed by atoms with van der Waals surface area (Å²) in [6.07, 6.45) is 1.56. The van der Waals surface area contributed by atoms with Crippen LogP contribution in [0.15, 0.2) is 77.4 Å². The van der Waals surface area contributed by atoms with Gasteiger partial charge in [0.2, 0.25) is 0 Å². The molecular formula is C19H16N2O3. The zero-order chi connectivity index (χ0) is 16.8. The Labute approximate surface area is 139 Å². The minimum absolute atomic E-state index is 0.189. The number of benzene rings is 2. The first-order valence-corrected chi connectivity index (χ1v) is 7.49. The van der Waals surface area contributed by atoms with Crippen LogP contribution in [0.2, 0.25) is 0 Å². The van der Waals surface area contributed by atoms with Crippen molar-refractivity contribution in [2.24, 2.45) is 0 Å². The molecular weight excluding hydrogens is 304 g/mol. The molecule has 120 valence electrons. The van der Waals surface area contributed by atoms with Gasteiger partial charge in [0.15, 0.2) is 0 Å². The topological polar surface area (TPSA) is 71.3 Å². The van der Waals surface area contributed by atoms with Crippen LogP contribution in [-0.2, 0) is 6.54 Å². The summed E-state index contributed by atoms with van der Waals surface area (Å²) < 4.78 is 5.16. The zero-order valence-electron chi connectivity index (χ0n) is 12.9. The molecule has 2 aromatic carbocycles. The van der Waals surface area contributed by atoms with Crippen LogP contribution >= 0.6 is 0 Å². The summed E-state index contributed by atoms with van der Waals surface area (Å²) in [5.74, 6) is 0.299. The van der Waals surface area contributed by atoms with E-state index in [-0.39, 0.29) is 11.8 Å². The SMILES string of the molecule is O=C(NCc1ccco1)c1ccc(NC(=O)c2ccccc2)cc1. The maximum absolute atomic E-state index is 12.1. The average molecular weight is 320 g/mol. The molecule has 2 amide bonds. The molecule has 1 heterocycles. The lowest BCUT2D eigenvalue weighted by molar-refractivity contribution is 0.0947. The Morgan fingerprint density at radius 3 is 2.17 bits per heavy atom. The van der Waals surface area contributed by atoms with E-state index < -0.39 is 0 Å². The molecule has 0 aliphatic heterocycles. The highest BCUT2D eigenvalue weighted by molar-refractivity contribution is 6.04. The molecule has 0 radical (unpaired) electrons. The molecule has 0 saturated heterocycles. The van der Waals surface area contributed by atoms with Crippen molar-refractivity contribution in [3.63, 3.8) is 0 Å². The van der Waals surface area contributed by atoms with E-state index in [1.807, 2.05) is 6.07 Å². The summed E-state index contributed by atoms with van der Waals surface area (Å²) >= 11 is 0. The van der Waals surface area contributed by atoms with Crippen LogP contribution in [0.25, 0.3) is 0 Å². The van der Waals surface area contributed by atoms with Crippen molar-refractivity contribution in [3.05, 3.63) is 89.9 Å². The Morgan fingerprint density at radius 2 is 1.50 bits per heavy atom. The number of rotatable bonds is 5. The molecule has 24 heavy (non-hydrogen) atoms. The second-order valence-corrected chi connectivity index (χ2v) is 5.16. The summed E-state index contributed by atoms with van der Waals surface area (Å²) in [6, 6.07) is 19.2. The molecule has 0 unspecified atom stereocenters. The number of hydrogen-bond donors (Lipinski definition) is 2. The van der Waals surface area contributed by atoms with Gasteiger partial charge >= 0.3 is 0 Å². The first kappa shape index (κ1) is 15.6. The lowest BCUT2D eigenvalue weighted by Crippen LogP contribution is -2.22. The van der Waals surface area contributed by atoms with Crippen LogP contribution in [0, 0.1) is 0 Å². The molecule has 5 nitrogen and oxygen atoms in total. The van der Waals surface area contributed by atoms with Crippen LogP contribution in [0.3, 0.4) is 0 Å². The van der Waals surface area contributed by atoms with Gasteiger partial charge in [0, 0.05) is 16.8 Å². The highest BCUT2D eigenvalue weighted by Crippen LogP contribution is 2.12. The second kappa shape index (κ2) is 7.28. The quantitative estimate of drug-likeness (QED) is 0.756. The van der Waals surface area contributed by atoms with Gasteiger partial charge in [-0.15, -0.1) is 0 Å². The molecule has 0 bridgehead atoms. The number of amides is 2. The first-order chi connectivity index (χ1) is 11.7. The molecule has 1 aromatic heterocycles. The maximum atomic E-state index is 12.1. The van der Waals surface area contributed by atoms with Crippen molar-refractivity contribution < 1.29 is 14.0 Å². The normalized spacial score (nSPS) is 10.2. The predicted octanol–water partition coefficient (Wildman–Crippen LogP) is 3.46. The maximum Gasteiger partial charge on any atom is 0.255 e. The average Bonchev–Trinajstić information content (AvgIpc) is 3.14. The number of carbonyl (C=O) groups excluding carboxylic acids is 2. The van der Waals surface area contributed by atoms with E-state index in [1.165, 1.54) is 0 Å². The van der Waals surface area contributed by atoms with Gasteiger partial charge in [0.05, 0.1) is 12.8 Å². The van der Waals surface area contributed by atoms with E-state index in [2.05, 4.69) is 10.6 Å². The summed E-state index contributed by atoms with van der Waals surface area (Å²) in [5, 5.41) is 5.56. The number of hydrogen-bond acceptors (Lipinski definition) is 3. The zero-order valence-corrected chi connectivity index (χ0v) is 12.9. The summed E-state index contributed by atoms with van der Waals surface area (Å²) in [7, 11) is 0. The Bertz CT molecular complexity index is 810. The summed E-state index contributed by atoms with van der Waals surface area (Å²) in [4.78, 5) is 24.1.